The highest BCUT2D eigenvalue weighted by atomic mass is 16.5. The van der Waals surface area contributed by atoms with E-state index < -0.39 is 0 Å². The van der Waals surface area contributed by atoms with Crippen LogP contribution in [0.15, 0.2) is 30.3 Å². The number of nitrogens with one attached hydrogen (secondary N) is 1. The molecule has 1 aromatic heterocycles. The number of para-hydroxylation sites is 1. The molecule has 0 radical (unpaired) electrons. The summed E-state index contributed by atoms with van der Waals surface area (Å²) in [5, 5.41) is 3.95. The van der Waals surface area contributed by atoms with Gasteiger partial charge < -0.3 is 19.5 Å². The third-order valence-corrected chi connectivity index (χ3v) is 7.56. The van der Waals surface area contributed by atoms with Gasteiger partial charge in [0.1, 0.15) is 6.61 Å². The first kappa shape index (κ1) is 22.2. The summed E-state index contributed by atoms with van der Waals surface area (Å²) in [5.41, 5.74) is 2.36. The van der Waals surface area contributed by atoms with Crippen molar-refractivity contribution in [3.05, 3.63) is 36.0 Å². The van der Waals surface area contributed by atoms with Crippen molar-refractivity contribution in [2.75, 3.05) is 19.6 Å². The molecule has 5 heteroatoms. The molecule has 1 saturated heterocycles. The highest BCUT2D eigenvalue weighted by Gasteiger charge is 2.31. The molecule has 4 rings (SSSR count). The van der Waals surface area contributed by atoms with Crippen LogP contribution in [0.1, 0.15) is 71.0 Å². The van der Waals surface area contributed by atoms with Crippen molar-refractivity contribution in [3.8, 4) is 0 Å². The van der Waals surface area contributed by atoms with Crippen molar-refractivity contribution in [1.82, 2.24) is 14.8 Å². The van der Waals surface area contributed by atoms with Crippen LogP contribution in [0.2, 0.25) is 0 Å². The Balaban J connectivity index is 1.42. The molecule has 5 nitrogen and oxygen atoms in total. The van der Waals surface area contributed by atoms with Crippen LogP contribution in [0.25, 0.3) is 10.9 Å². The Morgan fingerprint density at radius 2 is 1.77 bits per heavy atom. The maximum absolute atomic E-state index is 11.9. The average molecular weight is 426 g/mol. The Kier molecular flexibility index (Phi) is 7.21. The minimum Gasteiger partial charge on any atom is -0.443 e. The van der Waals surface area contributed by atoms with Crippen LogP contribution in [-0.4, -0.2) is 41.2 Å². The van der Waals surface area contributed by atoms with Crippen molar-refractivity contribution in [2.45, 2.75) is 78.0 Å². The summed E-state index contributed by atoms with van der Waals surface area (Å²) in [7, 11) is 0. The monoisotopic (exact) mass is 425 g/mol. The summed E-state index contributed by atoms with van der Waals surface area (Å²) in [6, 6.07) is 12.0. The number of fused-ring (bicyclic) bond motifs is 1. The molecule has 1 amide bonds. The first-order valence-electron chi connectivity index (χ1n) is 12.3. The smallest absolute Gasteiger partial charge is 0.407 e. The van der Waals surface area contributed by atoms with Gasteiger partial charge in [-0.25, -0.2) is 4.79 Å². The van der Waals surface area contributed by atoms with Gasteiger partial charge in [-0.3, -0.25) is 0 Å². The standard InChI is InChI=1S/C26H39N3O2/c1-4-27-26(30)31-18-24-17-21-7-5-6-8-25(21)29(24)23-13-15-28(16-14-23)22-11-9-20(10-12-22)19(2)3/h5-8,17,19-20,22-23H,4,9-16,18H2,1-3H3,(H,27,30). The summed E-state index contributed by atoms with van der Waals surface area (Å²) in [6.07, 6.45) is 7.51. The molecule has 1 aliphatic carbocycles. The van der Waals surface area contributed by atoms with E-state index in [0.717, 1.165) is 36.4 Å². The maximum atomic E-state index is 11.9. The number of hydrogen-bond donors (Lipinski definition) is 1. The van der Waals surface area contributed by atoms with Gasteiger partial charge >= 0.3 is 6.09 Å². The lowest BCUT2D eigenvalue weighted by Gasteiger charge is -2.42. The number of carbonyl (C=O) groups excluding carboxylic acids is 1. The number of ether oxygens (including phenoxy) is 1. The van der Waals surface area contributed by atoms with E-state index >= 15 is 0 Å². The number of carbonyl (C=O) groups is 1. The molecule has 0 atom stereocenters. The number of benzene rings is 1. The zero-order chi connectivity index (χ0) is 21.8. The van der Waals surface area contributed by atoms with Gasteiger partial charge in [0.05, 0.1) is 5.69 Å². The number of amides is 1. The van der Waals surface area contributed by atoms with Crippen molar-refractivity contribution in [2.24, 2.45) is 11.8 Å². The van der Waals surface area contributed by atoms with Crippen LogP contribution < -0.4 is 5.32 Å². The Bertz CT molecular complexity index is 859. The minimum absolute atomic E-state index is 0.319. The summed E-state index contributed by atoms with van der Waals surface area (Å²) >= 11 is 0. The van der Waals surface area contributed by atoms with Crippen LogP contribution in [0.4, 0.5) is 4.79 Å². The number of likely N-dealkylation sites (tertiary alicyclic amines) is 1. The molecule has 1 aromatic carbocycles. The number of nitrogens with zero attached hydrogens (tertiary/aromatic N) is 2. The Hall–Kier alpha value is -2.01. The Morgan fingerprint density at radius 3 is 2.45 bits per heavy atom. The Labute approximate surface area is 187 Å². The summed E-state index contributed by atoms with van der Waals surface area (Å²) < 4.78 is 7.94. The molecular formula is C26H39N3O2. The fourth-order valence-electron chi connectivity index (χ4n) is 5.75. The average Bonchev–Trinajstić information content (AvgIpc) is 3.16. The molecule has 1 N–H and O–H groups in total. The molecule has 2 aliphatic rings. The van der Waals surface area contributed by atoms with Gasteiger partial charge in [-0.05, 0) is 74.8 Å². The van der Waals surface area contributed by atoms with E-state index in [9.17, 15) is 4.79 Å². The SMILES string of the molecule is CCNC(=O)OCc1cc2ccccc2n1C1CCN(C2CCC(C(C)C)CC2)CC1. The molecule has 2 fully saturated rings. The maximum Gasteiger partial charge on any atom is 0.407 e. The number of hydrogen-bond acceptors (Lipinski definition) is 3. The highest BCUT2D eigenvalue weighted by Crippen LogP contribution is 2.36. The molecule has 0 unspecified atom stereocenters. The second kappa shape index (κ2) is 10.1. The lowest BCUT2D eigenvalue weighted by atomic mass is 9.79. The largest absolute Gasteiger partial charge is 0.443 e. The van der Waals surface area contributed by atoms with Crippen LogP contribution in [0.3, 0.4) is 0 Å². The third kappa shape index (κ3) is 5.08. The van der Waals surface area contributed by atoms with Gasteiger partial charge in [0.25, 0.3) is 0 Å². The molecule has 2 aromatic rings. The number of piperidine rings is 1. The fourth-order valence-corrected chi connectivity index (χ4v) is 5.75. The third-order valence-electron chi connectivity index (χ3n) is 7.56. The summed E-state index contributed by atoms with van der Waals surface area (Å²) in [4.78, 5) is 14.6. The lowest BCUT2D eigenvalue weighted by Crippen LogP contribution is -2.44. The zero-order valence-electron chi connectivity index (χ0n) is 19.5. The second-order valence-electron chi connectivity index (χ2n) is 9.75. The molecule has 0 spiro atoms. The molecule has 1 aliphatic heterocycles. The van der Waals surface area contributed by atoms with E-state index in [0.29, 0.717) is 19.2 Å². The molecule has 170 valence electrons. The molecule has 31 heavy (non-hydrogen) atoms. The quantitative estimate of drug-likeness (QED) is 0.642. The molecule has 1 saturated carbocycles. The van der Waals surface area contributed by atoms with E-state index in [1.54, 1.807) is 0 Å². The number of aromatic nitrogens is 1. The number of alkyl carbamates (subject to hydrolysis) is 1. The first-order valence-corrected chi connectivity index (χ1v) is 12.3. The van der Waals surface area contributed by atoms with E-state index in [1.807, 2.05) is 6.92 Å². The van der Waals surface area contributed by atoms with Crippen LogP contribution in [0.5, 0.6) is 0 Å². The van der Waals surface area contributed by atoms with Crippen molar-refractivity contribution >= 4 is 17.0 Å². The van der Waals surface area contributed by atoms with Gasteiger partial charge in [-0.15, -0.1) is 0 Å². The van der Waals surface area contributed by atoms with Gasteiger partial charge in [-0.1, -0.05) is 32.0 Å². The highest BCUT2D eigenvalue weighted by molar-refractivity contribution is 5.81. The molecule has 2 heterocycles. The minimum atomic E-state index is -0.342. The predicted octanol–water partition coefficient (Wildman–Crippen LogP) is 5.74. The zero-order valence-corrected chi connectivity index (χ0v) is 19.5. The first-order chi connectivity index (χ1) is 15.1. The normalized spacial score (nSPS) is 23.4. The van der Waals surface area contributed by atoms with Crippen molar-refractivity contribution in [3.63, 3.8) is 0 Å². The van der Waals surface area contributed by atoms with Crippen molar-refractivity contribution in [1.29, 1.82) is 0 Å². The van der Waals surface area contributed by atoms with Gasteiger partial charge in [0.2, 0.25) is 0 Å². The van der Waals surface area contributed by atoms with E-state index in [4.69, 9.17) is 4.74 Å². The predicted molar refractivity (Wildman–Crippen MR) is 126 cm³/mol. The number of rotatable bonds is 6. The summed E-state index contributed by atoms with van der Waals surface area (Å²) in [6.45, 7) is 9.91. The molecular weight excluding hydrogens is 386 g/mol. The van der Waals surface area contributed by atoms with Gasteiger partial charge in [0, 0.05) is 37.2 Å². The van der Waals surface area contributed by atoms with Crippen molar-refractivity contribution < 1.29 is 9.53 Å². The lowest BCUT2D eigenvalue weighted by molar-refractivity contribution is 0.0874. The van der Waals surface area contributed by atoms with Crippen LogP contribution >= 0.6 is 0 Å². The fraction of sp³-hybridized carbons (Fsp3) is 0.654. The van der Waals surface area contributed by atoms with Crippen LogP contribution in [0, 0.1) is 11.8 Å². The summed E-state index contributed by atoms with van der Waals surface area (Å²) in [5.74, 6) is 1.75. The second-order valence-corrected chi connectivity index (χ2v) is 9.75. The Morgan fingerprint density at radius 1 is 1.06 bits per heavy atom. The topological polar surface area (TPSA) is 46.5 Å². The van der Waals surface area contributed by atoms with Gasteiger partial charge in [-0.2, -0.15) is 0 Å². The van der Waals surface area contributed by atoms with Gasteiger partial charge in [0.15, 0.2) is 0 Å². The van der Waals surface area contributed by atoms with E-state index in [1.165, 1.54) is 49.7 Å². The van der Waals surface area contributed by atoms with E-state index in [-0.39, 0.29) is 6.09 Å². The molecule has 0 bridgehead atoms. The van der Waals surface area contributed by atoms with Crippen LogP contribution in [-0.2, 0) is 11.3 Å². The van der Waals surface area contributed by atoms with E-state index in [2.05, 4.69) is 59.0 Å².